The van der Waals surface area contributed by atoms with E-state index in [1.807, 2.05) is 18.4 Å². The van der Waals surface area contributed by atoms with Gasteiger partial charge in [0, 0.05) is 56.1 Å². The van der Waals surface area contributed by atoms with Crippen LogP contribution in [-0.4, -0.2) is 55.5 Å². The Kier molecular flexibility index (Phi) is 10.4. The molecule has 0 spiro atoms. The minimum Gasteiger partial charge on any atom is -0.352 e. The smallest absolute Gasteiger partial charge is 0.191 e. The lowest BCUT2D eigenvalue weighted by atomic mass is 10.1. The summed E-state index contributed by atoms with van der Waals surface area (Å²) < 4.78 is 0. The predicted molar refractivity (Wildman–Crippen MR) is 135 cm³/mol. The maximum atomic E-state index is 4.32. The first-order valence-electron chi connectivity index (χ1n) is 10.2. The number of hydrogen-bond acceptors (Lipinski definition) is 4. The third-order valence-corrected chi connectivity index (χ3v) is 6.25. The van der Waals surface area contributed by atoms with E-state index in [9.17, 15) is 0 Å². The van der Waals surface area contributed by atoms with Crippen molar-refractivity contribution in [2.75, 3.05) is 39.8 Å². The number of rotatable bonds is 7. The molecular formula is C22H34IN5S. The lowest BCUT2D eigenvalue weighted by molar-refractivity contribution is 0.132. The third kappa shape index (κ3) is 7.88. The summed E-state index contributed by atoms with van der Waals surface area (Å²) in [6.45, 7) is 12.9. The van der Waals surface area contributed by atoms with Gasteiger partial charge in [0.05, 0.1) is 6.54 Å². The number of nitrogens with one attached hydrogen (secondary N) is 2. The standard InChI is InChI=1S/C22H33N5S.HI/c1-4-26-11-13-27(14-12-26)17-20-8-6-19(7-9-20)15-24-22(23-3)25-16-21-10-5-18(2)28-21;/h5-10H,4,11-17H2,1-3H3,(H2,23,24,25);1H. The Labute approximate surface area is 196 Å². The van der Waals surface area contributed by atoms with Crippen LogP contribution < -0.4 is 10.6 Å². The van der Waals surface area contributed by atoms with Gasteiger partial charge in [0.25, 0.3) is 0 Å². The number of guanidine groups is 1. The van der Waals surface area contributed by atoms with Gasteiger partial charge in [0.15, 0.2) is 5.96 Å². The molecule has 1 saturated heterocycles. The number of piperazine rings is 1. The molecule has 1 fully saturated rings. The molecule has 29 heavy (non-hydrogen) atoms. The van der Waals surface area contributed by atoms with Crippen LogP contribution in [0.2, 0.25) is 0 Å². The van der Waals surface area contributed by atoms with Crippen LogP contribution in [0.1, 0.15) is 27.8 Å². The van der Waals surface area contributed by atoms with E-state index in [0.29, 0.717) is 0 Å². The molecule has 2 heterocycles. The summed E-state index contributed by atoms with van der Waals surface area (Å²) in [6, 6.07) is 13.3. The van der Waals surface area contributed by atoms with Gasteiger partial charge in [0.1, 0.15) is 0 Å². The number of hydrogen-bond donors (Lipinski definition) is 2. The zero-order valence-electron chi connectivity index (χ0n) is 17.8. The minimum absolute atomic E-state index is 0. The Bertz CT molecular complexity index is 751. The second-order valence-electron chi connectivity index (χ2n) is 7.32. The maximum absolute atomic E-state index is 4.32. The molecule has 0 atom stereocenters. The van der Waals surface area contributed by atoms with Crippen LogP contribution in [0.15, 0.2) is 41.4 Å². The van der Waals surface area contributed by atoms with Crippen molar-refractivity contribution >= 4 is 41.3 Å². The molecular weight excluding hydrogens is 493 g/mol. The van der Waals surface area contributed by atoms with E-state index >= 15 is 0 Å². The zero-order chi connectivity index (χ0) is 19.8. The van der Waals surface area contributed by atoms with Gasteiger partial charge >= 0.3 is 0 Å². The number of thiophene rings is 1. The Hall–Kier alpha value is -1.16. The fraction of sp³-hybridized carbons (Fsp3) is 0.500. The molecule has 2 N–H and O–H groups in total. The normalized spacial score (nSPS) is 15.8. The predicted octanol–water partition coefficient (Wildman–Crippen LogP) is 3.68. The van der Waals surface area contributed by atoms with Gasteiger partial charge in [-0.05, 0) is 36.7 Å². The second-order valence-corrected chi connectivity index (χ2v) is 8.69. The first kappa shape index (κ1) is 24.1. The highest BCUT2D eigenvalue weighted by atomic mass is 127. The van der Waals surface area contributed by atoms with Gasteiger partial charge in [0.2, 0.25) is 0 Å². The van der Waals surface area contributed by atoms with Crippen molar-refractivity contribution < 1.29 is 0 Å². The monoisotopic (exact) mass is 527 g/mol. The number of halogens is 1. The van der Waals surface area contributed by atoms with Crippen molar-refractivity contribution in [3.8, 4) is 0 Å². The van der Waals surface area contributed by atoms with E-state index in [4.69, 9.17) is 0 Å². The molecule has 7 heteroatoms. The lowest BCUT2D eigenvalue weighted by Gasteiger charge is -2.34. The van der Waals surface area contributed by atoms with Crippen LogP contribution >= 0.6 is 35.3 Å². The summed E-state index contributed by atoms with van der Waals surface area (Å²) in [7, 11) is 1.82. The summed E-state index contributed by atoms with van der Waals surface area (Å²) >= 11 is 1.82. The molecule has 3 rings (SSSR count). The summed E-state index contributed by atoms with van der Waals surface area (Å²) in [5.41, 5.74) is 2.67. The molecule has 2 aromatic rings. The molecule has 0 aliphatic carbocycles. The summed E-state index contributed by atoms with van der Waals surface area (Å²) in [5.74, 6) is 0.837. The van der Waals surface area contributed by atoms with E-state index in [1.54, 1.807) is 0 Å². The Morgan fingerprint density at radius 2 is 1.55 bits per heavy atom. The average Bonchev–Trinajstić information content (AvgIpc) is 3.15. The third-order valence-electron chi connectivity index (χ3n) is 5.25. The van der Waals surface area contributed by atoms with Crippen LogP contribution in [0.25, 0.3) is 0 Å². The Morgan fingerprint density at radius 1 is 0.931 bits per heavy atom. The molecule has 1 aromatic heterocycles. The van der Waals surface area contributed by atoms with Crippen LogP contribution in [0.4, 0.5) is 0 Å². The highest BCUT2D eigenvalue weighted by molar-refractivity contribution is 14.0. The highest BCUT2D eigenvalue weighted by Gasteiger charge is 2.15. The van der Waals surface area contributed by atoms with Crippen molar-refractivity contribution in [3.05, 3.63) is 57.3 Å². The van der Waals surface area contributed by atoms with Gasteiger partial charge in [-0.25, -0.2) is 0 Å². The molecule has 0 unspecified atom stereocenters. The summed E-state index contributed by atoms with van der Waals surface area (Å²) in [4.78, 5) is 12.1. The fourth-order valence-corrected chi connectivity index (χ4v) is 4.27. The van der Waals surface area contributed by atoms with Crippen molar-refractivity contribution in [2.45, 2.75) is 33.5 Å². The quantitative estimate of drug-likeness (QED) is 0.328. The van der Waals surface area contributed by atoms with Gasteiger partial charge < -0.3 is 15.5 Å². The lowest BCUT2D eigenvalue weighted by Crippen LogP contribution is -2.45. The fourth-order valence-electron chi connectivity index (χ4n) is 3.44. The van der Waals surface area contributed by atoms with E-state index < -0.39 is 0 Å². The van der Waals surface area contributed by atoms with Gasteiger partial charge in [-0.15, -0.1) is 35.3 Å². The van der Waals surface area contributed by atoms with E-state index in [-0.39, 0.29) is 24.0 Å². The molecule has 0 saturated carbocycles. The average molecular weight is 528 g/mol. The first-order valence-corrected chi connectivity index (χ1v) is 11.0. The van der Waals surface area contributed by atoms with Crippen molar-refractivity contribution in [1.29, 1.82) is 0 Å². The van der Waals surface area contributed by atoms with Gasteiger partial charge in [-0.2, -0.15) is 0 Å². The molecule has 0 bridgehead atoms. The Morgan fingerprint density at radius 3 is 2.14 bits per heavy atom. The summed E-state index contributed by atoms with van der Waals surface area (Å²) in [6.07, 6.45) is 0. The van der Waals surface area contributed by atoms with Gasteiger partial charge in [-0.3, -0.25) is 9.89 Å². The van der Waals surface area contributed by atoms with Crippen molar-refractivity contribution in [3.63, 3.8) is 0 Å². The van der Waals surface area contributed by atoms with Crippen molar-refractivity contribution in [2.24, 2.45) is 4.99 Å². The SMILES string of the molecule is CCN1CCN(Cc2ccc(CNC(=NC)NCc3ccc(C)s3)cc2)CC1.I. The van der Waals surface area contributed by atoms with Gasteiger partial charge in [-0.1, -0.05) is 31.2 Å². The highest BCUT2D eigenvalue weighted by Crippen LogP contribution is 2.14. The van der Waals surface area contributed by atoms with Crippen LogP contribution in [0.3, 0.4) is 0 Å². The number of benzene rings is 1. The molecule has 160 valence electrons. The first-order chi connectivity index (χ1) is 13.7. The van der Waals surface area contributed by atoms with E-state index in [0.717, 1.165) is 25.6 Å². The largest absolute Gasteiger partial charge is 0.352 e. The molecule has 0 amide bonds. The topological polar surface area (TPSA) is 42.9 Å². The number of likely N-dealkylation sites (N-methyl/N-ethyl adjacent to an activating group) is 1. The molecule has 5 nitrogen and oxygen atoms in total. The van der Waals surface area contributed by atoms with E-state index in [1.165, 1.54) is 53.6 Å². The van der Waals surface area contributed by atoms with E-state index in [2.05, 4.69) is 75.7 Å². The summed E-state index contributed by atoms with van der Waals surface area (Å²) in [5, 5.41) is 6.78. The van der Waals surface area contributed by atoms with Crippen LogP contribution in [-0.2, 0) is 19.6 Å². The maximum Gasteiger partial charge on any atom is 0.191 e. The number of aliphatic imine (C=N–C) groups is 1. The number of nitrogens with zero attached hydrogens (tertiary/aromatic N) is 3. The molecule has 1 aliphatic rings. The minimum atomic E-state index is 0. The molecule has 1 aliphatic heterocycles. The Balaban J connectivity index is 0.00000300. The molecule has 1 aromatic carbocycles. The number of aryl methyl sites for hydroxylation is 1. The molecule has 0 radical (unpaired) electrons. The van der Waals surface area contributed by atoms with Crippen LogP contribution in [0.5, 0.6) is 0 Å². The van der Waals surface area contributed by atoms with Crippen molar-refractivity contribution in [1.82, 2.24) is 20.4 Å². The van der Waals surface area contributed by atoms with Crippen LogP contribution in [0, 0.1) is 6.92 Å². The second kappa shape index (κ2) is 12.5. The zero-order valence-corrected chi connectivity index (χ0v) is 20.9.